The van der Waals surface area contributed by atoms with Gasteiger partial charge in [-0.25, -0.2) is 0 Å². The molecule has 0 unspecified atom stereocenters. The maximum atomic E-state index is 5.63. The molecule has 1 aliphatic heterocycles. The summed E-state index contributed by atoms with van der Waals surface area (Å²) in [5, 5.41) is 3.45. The smallest absolute Gasteiger partial charge is 0.122 e. The SMILES string of the molecule is CC(C)CNCc1occc1CN(C)CC1CCOCC1. The Kier molecular flexibility index (Phi) is 6.74. The first-order valence-electron chi connectivity index (χ1n) is 8.17. The fourth-order valence-corrected chi connectivity index (χ4v) is 2.86. The van der Waals surface area contributed by atoms with Crippen LogP contribution in [0, 0.1) is 11.8 Å². The van der Waals surface area contributed by atoms with Gasteiger partial charge in [0.15, 0.2) is 0 Å². The molecular weight excluding hydrogens is 264 g/mol. The van der Waals surface area contributed by atoms with Gasteiger partial charge in [-0.3, -0.25) is 0 Å². The number of furan rings is 1. The minimum Gasteiger partial charge on any atom is -0.468 e. The predicted molar refractivity (Wildman–Crippen MR) is 85.1 cm³/mol. The van der Waals surface area contributed by atoms with Crippen LogP contribution in [0.4, 0.5) is 0 Å². The molecule has 4 heteroatoms. The van der Waals surface area contributed by atoms with E-state index in [2.05, 4.69) is 37.2 Å². The quantitative estimate of drug-likeness (QED) is 0.800. The third-order valence-corrected chi connectivity index (χ3v) is 4.03. The summed E-state index contributed by atoms with van der Waals surface area (Å²) in [4.78, 5) is 2.41. The van der Waals surface area contributed by atoms with Crippen LogP contribution in [-0.4, -0.2) is 38.3 Å². The first-order valence-corrected chi connectivity index (χ1v) is 8.17. The summed E-state index contributed by atoms with van der Waals surface area (Å²) < 4.78 is 11.1. The third-order valence-electron chi connectivity index (χ3n) is 4.03. The molecule has 0 bridgehead atoms. The van der Waals surface area contributed by atoms with Gasteiger partial charge in [0.05, 0.1) is 12.8 Å². The number of hydrogen-bond acceptors (Lipinski definition) is 4. The molecule has 120 valence electrons. The van der Waals surface area contributed by atoms with Crippen molar-refractivity contribution >= 4 is 0 Å². The first-order chi connectivity index (χ1) is 10.1. The Labute approximate surface area is 128 Å². The minimum absolute atomic E-state index is 0.666. The predicted octanol–water partition coefficient (Wildman–Crippen LogP) is 2.88. The summed E-state index contributed by atoms with van der Waals surface area (Å²) in [6, 6.07) is 2.10. The summed E-state index contributed by atoms with van der Waals surface area (Å²) >= 11 is 0. The average Bonchev–Trinajstić information content (AvgIpc) is 2.87. The van der Waals surface area contributed by atoms with Crippen molar-refractivity contribution in [2.75, 3.05) is 33.4 Å². The molecule has 0 saturated carbocycles. The van der Waals surface area contributed by atoms with Gasteiger partial charge in [-0.2, -0.15) is 0 Å². The Morgan fingerprint density at radius 3 is 2.81 bits per heavy atom. The van der Waals surface area contributed by atoms with Gasteiger partial charge in [-0.15, -0.1) is 0 Å². The highest BCUT2D eigenvalue weighted by molar-refractivity contribution is 5.16. The monoisotopic (exact) mass is 294 g/mol. The van der Waals surface area contributed by atoms with Gasteiger partial charge < -0.3 is 19.4 Å². The highest BCUT2D eigenvalue weighted by Crippen LogP contribution is 2.18. The van der Waals surface area contributed by atoms with Crippen LogP contribution >= 0.6 is 0 Å². The second kappa shape index (κ2) is 8.57. The molecule has 1 aromatic heterocycles. The Morgan fingerprint density at radius 2 is 2.10 bits per heavy atom. The van der Waals surface area contributed by atoms with Crippen molar-refractivity contribution in [2.24, 2.45) is 11.8 Å². The van der Waals surface area contributed by atoms with E-state index < -0.39 is 0 Å². The van der Waals surface area contributed by atoms with E-state index in [1.807, 2.05) is 6.26 Å². The lowest BCUT2D eigenvalue weighted by molar-refractivity contribution is 0.0549. The fourth-order valence-electron chi connectivity index (χ4n) is 2.86. The van der Waals surface area contributed by atoms with Crippen LogP contribution in [-0.2, 0) is 17.8 Å². The maximum absolute atomic E-state index is 5.63. The van der Waals surface area contributed by atoms with Crippen molar-refractivity contribution in [3.63, 3.8) is 0 Å². The van der Waals surface area contributed by atoms with E-state index in [1.165, 1.54) is 18.4 Å². The molecule has 2 rings (SSSR count). The van der Waals surface area contributed by atoms with Gasteiger partial charge >= 0.3 is 0 Å². The van der Waals surface area contributed by atoms with Gasteiger partial charge in [-0.05, 0) is 44.3 Å². The molecule has 0 amide bonds. The Hall–Kier alpha value is -0.840. The van der Waals surface area contributed by atoms with Crippen molar-refractivity contribution in [3.05, 3.63) is 23.7 Å². The third kappa shape index (κ3) is 5.81. The zero-order valence-electron chi connectivity index (χ0n) is 13.7. The van der Waals surface area contributed by atoms with Crippen LogP contribution in [0.1, 0.15) is 38.0 Å². The van der Waals surface area contributed by atoms with Crippen molar-refractivity contribution in [1.29, 1.82) is 0 Å². The van der Waals surface area contributed by atoms with E-state index in [0.29, 0.717) is 5.92 Å². The second-order valence-electron chi connectivity index (χ2n) is 6.65. The van der Waals surface area contributed by atoms with E-state index in [0.717, 1.165) is 51.1 Å². The van der Waals surface area contributed by atoms with Gasteiger partial charge in [0.1, 0.15) is 5.76 Å². The standard InChI is InChI=1S/C17H30N2O2/c1-14(2)10-18-11-17-16(6-9-21-17)13-19(3)12-15-4-7-20-8-5-15/h6,9,14-15,18H,4-5,7-8,10-13H2,1-3H3. The van der Waals surface area contributed by atoms with Crippen LogP contribution < -0.4 is 5.32 Å². The largest absolute Gasteiger partial charge is 0.468 e. The van der Waals surface area contributed by atoms with Gasteiger partial charge in [-0.1, -0.05) is 13.8 Å². The summed E-state index contributed by atoms with van der Waals surface area (Å²) in [6.45, 7) is 10.3. The lowest BCUT2D eigenvalue weighted by atomic mass is 10.00. The van der Waals surface area contributed by atoms with Crippen molar-refractivity contribution in [2.45, 2.75) is 39.8 Å². The molecule has 0 spiro atoms. The van der Waals surface area contributed by atoms with E-state index >= 15 is 0 Å². The second-order valence-corrected chi connectivity index (χ2v) is 6.65. The Bertz CT molecular complexity index is 397. The van der Waals surface area contributed by atoms with Crippen molar-refractivity contribution in [1.82, 2.24) is 10.2 Å². The molecule has 0 aromatic carbocycles. The summed E-state index contributed by atoms with van der Waals surface area (Å²) in [6.07, 6.45) is 4.20. The number of ether oxygens (including phenoxy) is 1. The molecule has 2 heterocycles. The average molecular weight is 294 g/mol. The summed E-state index contributed by atoms with van der Waals surface area (Å²) in [7, 11) is 2.20. The molecule has 21 heavy (non-hydrogen) atoms. The maximum Gasteiger partial charge on any atom is 0.122 e. The van der Waals surface area contributed by atoms with Crippen LogP contribution in [0.15, 0.2) is 16.7 Å². The zero-order chi connectivity index (χ0) is 15.1. The van der Waals surface area contributed by atoms with Crippen molar-refractivity contribution < 1.29 is 9.15 Å². The van der Waals surface area contributed by atoms with Crippen molar-refractivity contribution in [3.8, 4) is 0 Å². The lowest BCUT2D eigenvalue weighted by Gasteiger charge is -2.27. The fraction of sp³-hybridized carbons (Fsp3) is 0.765. The summed E-state index contributed by atoms with van der Waals surface area (Å²) in [5.74, 6) is 2.52. The Morgan fingerprint density at radius 1 is 1.33 bits per heavy atom. The number of nitrogens with one attached hydrogen (secondary N) is 1. The molecule has 1 N–H and O–H groups in total. The molecular formula is C17H30N2O2. The summed E-state index contributed by atoms with van der Waals surface area (Å²) in [5.41, 5.74) is 1.31. The van der Waals surface area contributed by atoms with E-state index in [9.17, 15) is 0 Å². The normalized spacial score (nSPS) is 17.0. The molecule has 1 aliphatic rings. The topological polar surface area (TPSA) is 37.6 Å². The highest BCUT2D eigenvalue weighted by Gasteiger charge is 2.17. The van der Waals surface area contributed by atoms with Crippen LogP contribution in [0.3, 0.4) is 0 Å². The van der Waals surface area contributed by atoms with E-state index in [1.54, 1.807) is 0 Å². The molecule has 1 saturated heterocycles. The first kappa shape index (κ1) is 16.5. The minimum atomic E-state index is 0.666. The van der Waals surface area contributed by atoms with Gasteiger partial charge in [0.25, 0.3) is 0 Å². The van der Waals surface area contributed by atoms with Crippen LogP contribution in [0.25, 0.3) is 0 Å². The van der Waals surface area contributed by atoms with Gasteiger partial charge in [0, 0.05) is 31.9 Å². The number of nitrogens with zero attached hydrogens (tertiary/aromatic N) is 1. The lowest BCUT2D eigenvalue weighted by Crippen LogP contribution is -2.29. The van der Waals surface area contributed by atoms with Crippen LogP contribution in [0.5, 0.6) is 0 Å². The van der Waals surface area contributed by atoms with E-state index in [4.69, 9.17) is 9.15 Å². The molecule has 4 nitrogen and oxygen atoms in total. The van der Waals surface area contributed by atoms with Crippen LogP contribution in [0.2, 0.25) is 0 Å². The van der Waals surface area contributed by atoms with E-state index in [-0.39, 0.29) is 0 Å². The Balaban J connectivity index is 1.77. The molecule has 0 atom stereocenters. The number of rotatable bonds is 8. The number of hydrogen-bond donors (Lipinski definition) is 1. The highest BCUT2D eigenvalue weighted by atomic mass is 16.5. The molecule has 1 fully saturated rings. The molecule has 1 aromatic rings. The molecule has 0 radical (unpaired) electrons. The molecule has 0 aliphatic carbocycles. The zero-order valence-corrected chi connectivity index (χ0v) is 13.7. The van der Waals surface area contributed by atoms with Gasteiger partial charge in [0.2, 0.25) is 0 Å².